The summed E-state index contributed by atoms with van der Waals surface area (Å²) in [6, 6.07) is 6.50. The summed E-state index contributed by atoms with van der Waals surface area (Å²) in [6.07, 6.45) is -1.78. The summed E-state index contributed by atoms with van der Waals surface area (Å²) in [5.74, 6) is -1.74. The summed E-state index contributed by atoms with van der Waals surface area (Å²) in [5, 5.41) is 0. The van der Waals surface area contributed by atoms with Gasteiger partial charge in [-0.25, -0.2) is 14.4 Å². The first-order valence-corrected chi connectivity index (χ1v) is 13.8. The number of carbonyl (C=O) groups is 4. The second-order valence-corrected chi connectivity index (χ2v) is 12.7. The molecule has 1 aliphatic heterocycles. The number of rotatable bonds is 5. The standard InChI is InChI=1S/C30H43NO9/c1-18-9-11-20(12-10-18)15-22-16-36-17-23(26(33)37-19(2)24(22)38-25(32)21-13-14-21)31(27(34)39-29(3,4)5)28(35)40-30(6,7)8/h9-12,19,21-24H,13-17H2,1-8H3/t19-,22-,23-,24-/m0/s1. The van der Waals surface area contributed by atoms with Crippen LogP contribution in [0.25, 0.3) is 0 Å². The first kappa shape index (κ1) is 31.4. The average Bonchev–Trinajstić information content (AvgIpc) is 3.65. The molecule has 0 aromatic heterocycles. The van der Waals surface area contributed by atoms with Gasteiger partial charge in [-0.3, -0.25) is 4.79 Å². The first-order valence-electron chi connectivity index (χ1n) is 13.8. The molecule has 40 heavy (non-hydrogen) atoms. The van der Waals surface area contributed by atoms with Gasteiger partial charge in [0.15, 0.2) is 6.04 Å². The van der Waals surface area contributed by atoms with E-state index < -0.39 is 47.6 Å². The summed E-state index contributed by atoms with van der Waals surface area (Å²) in [7, 11) is 0. The number of hydrogen-bond donors (Lipinski definition) is 0. The molecule has 1 heterocycles. The van der Waals surface area contributed by atoms with Gasteiger partial charge >= 0.3 is 24.1 Å². The molecule has 10 heteroatoms. The molecule has 1 saturated heterocycles. The van der Waals surface area contributed by atoms with Crippen molar-refractivity contribution in [1.29, 1.82) is 0 Å². The van der Waals surface area contributed by atoms with E-state index in [2.05, 4.69) is 0 Å². The fourth-order valence-electron chi connectivity index (χ4n) is 4.28. The van der Waals surface area contributed by atoms with E-state index >= 15 is 0 Å². The molecule has 0 unspecified atom stereocenters. The molecule has 10 nitrogen and oxygen atoms in total. The number of esters is 2. The minimum atomic E-state index is -1.48. The number of amides is 2. The summed E-state index contributed by atoms with van der Waals surface area (Å²) < 4.78 is 28.5. The highest BCUT2D eigenvalue weighted by atomic mass is 16.6. The Morgan fingerprint density at radius 3 is 1.98 bits per heavy atom. The van der Waals surface area contributed by atoms with Crippen molar-refractivity contribution in [2.75, 3.05) is 13.2 Å². The lowest BCUT2D eigenvalue weighted by molar-refractivity contribution is -0.173. The van der Waals surface area contributed by atoms with Crippen LogP contribution < -0.4 is 0 Å². The van der Waals surface area contributed by atoms with Crippen molar-refractivity contribution in [2.45, 2.75) is 104 Å². The number of cyclic esters (lactones) is 1. The second-order valence-electron chi connectivity index (χ2n) is 12.7. The van der Waals surface area contributed by atoms with Crippen LogP contribution in [0.1, 0.15) is 72.4 Å². The van der Waals surface area contributed by atoms with Crippen molar-refractivity contribution in [2.24, 2.45) is 11.8 Å². The molecule has 3 rings (SSSR count). The average molecular weight is 562 g/mol. The molecule has 2 aliphatic rings. The third-order valence-corrected chi connectivity index (χ3v) is 6.38. The molecule has 2 fully saturated rings. The number of ether oxygens (including phenoxy) is 5. The Morgan fingerprint density at radius 2 is 1.48 bits per heavy atom. The van der Waals surface area contributed by atoms with Crippen molar-refractivity contribution in [3.05, 3.63) is 35.4 Å². The topological polar surface area (TPSA) is 118 Å². The number of aryl methyl sites for hydroxylation is 1. The SMILES string of the molecule is Cc1ccc(C[C@H]2COC[C@H](N(C(=O)OC(C)(C)C)C(=O)OC(C)(C)C)C(=O)O[C@@H](C)[C@@H]2OC(=O)C2CC2)cc1. The summed E-state index contributed by atoms with van der Waals surface area (Å²) in [5.41, 5.74) is 0.218. The van der Waals surface area contributed by atoms with Crippen LogP contribution >= 0.6 is 0 Å². The Labute approximate surface area is 236 Å². The molecule has 1 saturated carbocycles. The van der Waals surface area contributed by atoms with Gasteiger partial charge in [0.1, 0.15) is 23.4 Å². The van der Waals surface area contributed by atoms with E-state index in [9.17, 15) is 19.2 Å². The Hall–Kier alpha value is -3.14. The van der Waals surface area contributed by atoms with Crippen LogP contribution in [-0.2, 0) is 39.7 Å². The molecule has 1 aromatic carbocycles. The number of benzene rings is 1. The third-order valence-electron chi connectivity index (χ3n) is 6.38. The normalized spacial score (nSPS) is 24.1. The van der Waals surface area contributed by atoms with Crippen LogP contribution in [0.2, 0.25) is 0 Å². The lowest BCUT2D eigenvalue weighted by Gasteiger charge is -2.32. The molecule has 0 radical (unpaired) electrons. The zero-order valence-corrected chi connectivity index (χ0v) is 24.9. The van der Waals surface area contributed by atoms with E-state index in [1.54, 1.807) is 48.5 Å². The van der Waals surface area contributed by atoms with Crippen LogP contribution in [0.3, 0.4) is 0 Å². The second kappa shape index (κ2) is 12.6. The Kier molecular flexibility index (Phi) is 9.87. The maximum absolute atomic E-state index is 13.5. The lowest BCUT2D eigenvalue weighted by atomic mass is 9.91. The minimum absolute atomic E-state index is 0.0877. The quantitative estimate of drug-likeness (QED) is 0.362. The van der Waals surface area contributed by atoms with Crippen LogP contribution in [0, 0.1) is 18.8 Å². The molecular weight excluding hydrogens is 518 g/mol. The van der Waals surface area contributed by atoms with Gasteiger partial charge in [-0.05, 0) is 80.2 Å². The predicted octanol–water partition coefficient (Wildman–Crippen LogP) is 4.98. The van der Waals surface area contributed by atoms with Crippen molar-refractivity contribution >= 4 is 24.1 Å². The van der Waals surface area contributed by atoms with E-state index in [0.717, 1.165) is 24.0 Å². The van der Waals surface area contributed by atoms with Gasteiger partial charge in [-0.1, -0.05) is 29.8 Å². The van der Waals surface area contributed by atoms with Crippen LogP contribution in [0.15, 0.2) is 24.3 Å². The van der Waals surface area contributed by atoms with E-state index in [-0.39, 0.29) is 31.0 Å². The largest absolute Gasteiger partial charge is 0.458 e. The van der Waals surface area contributed by atoms with Crippen molar-refractivity contribution < 1.29 is 42.9 Å². The minimum Gasteiger partial charge on any atom is -0.458 e. The third kappa shape index (κ3) is 9.21. The fraction of sp³-hybridized carbons (Fsp3) is 0.667. The van der Waals surface area contributed by atoms with Crippen LogP contribution in [-0.4, -0.2) is 71.7 Å². The summed E-state index contributed by atoms with van der Waals surface area (Å²) >= 11 is 0. The molecule has 0 bridgehead atoms. The van der Waals surface area contributed by atoms with Gasteiger partial charge in [-0.15, -0.1) is 0 Å². The highest BCUT2D eigenvalue weighted by Crippen LogP contribution is 2.33. The molecule has 4 atom stereocenters. The van der Waals surface area contributed by atoms with Crippen LogP contribution in [0.5, 0.6) is 0 Å². The van der Waals surface area contributed by atoms with Crippen LogP contribution in [0.4, 0.5) is 9.59 Å². The zero-order valence-electron chi connectivity index (χ0n) is 24.9. The fourth-order valence-corrected chi connectivity index (χ4v) is 4.28. The molecule has 222 valence electrons. The highest BCUT2D eigenvalue weighted by Gasteiger charge is 2.45. The van der Waals surface area contributed by atoms with E-state index in [1.165, 1.54) is 0 Å². The van der Waals surface area contributed by atoms with Gasteiger partial charge in [0.05, 0.1) is 19.1 Å². The van der Waals surface area contributed by atoms with Crippen molar-refractivity contribution in [3.8, 4) is 0 Å². The molecule has 0 spiro atoms. The molecular formula is C30H43NO9. The molecule has 1 aromatic rings. The summed E-state index contributed by atoms with van der Waals surface area (Å²) in [4.78, 5) is 53.2. The monoisotopic (exact) mass is 561 g/mol. The maximum Gasteiger partial charge on any atom is 0.420 e. The predicted molar refractivity (Wildman–Crippen MR) is 145 cm³/mol. The maximum atomic E-state index is 13.5. The number of hydrogen-bond acceptors (Lipinski definition) is 9. The van der Waals surface area contributed by atoms with Crippen molar-refractivity contribution in [1.82, 2.24) is 4.90 Å². The first-order chi connectivity index (χ1) is 18.5. The number of imide groups is 1. The zero-order chi connectivity index (χ0) is 29.8. The van der Waals surface area contributed by atoms with E-state index in [0.29, 0.717) is 11.3 Å². The molecule has 1 aliphatic carbocycles. The Morgan fingerprint density at radius 1 is 0.925 bits per heavy atom. The van der Waals surface area contributed by atoms with E-state index in [4.69, 9.17) is 23.7 Å². The van der Waals surface area contributed by atoms with Gasteiger partial charge < -0.3 is 23.7 Å². The van der Waals surface area contributed by atoms with Crippen molar-refractivity contribution in [3.63, 3.8) is 0 Å². The number of nitrogens with zero attached hydrogens (tertiary/aromatic N) is 1. The van der Waals surface area contributed by atoms with Gasteiger partial charge in [0.25, 0.3) is 0 Å². The number of carbonyl (C=O) groups excluding carboxylic acids is 4. The molecule has 2 amide bonds. The molecule has 0 N–H and O–H groups in total. The highest BCUT2D eigenvalue weighted by molar-refractivity contribution is 5.94. The van der Waals surface area contributed by atoms with Gasteiger partial charge in [-0.2, -0.15) is 4.90 Å². The Balaban J connectivity index is 1.92. The van der Waals surface area contributed by atoms with Gasteiger partial charge in [0.2, 0.25) is 0 Å². The van der Waals surface area contributed by atoms with E-state index in [1.807, 2.05) is 31.2 Å². The lowest BCUT2D eigenvalue weighted by Crippen LogP contribution is -2.54. The Bertz CT molecular complexity index is 1040. The smallest absolute Gasteiger partial charge is 0.420 e. The summed E-state index contributed by atoms with van der Waals surface area (Å²) in [6.45, 7) is 13.2. The van der Waals surface area contributed by atoms with Gasteiger partial charge in [0, 0.05) is 5.92 Å².